The Kier molecular flexibility index (Phi) is 12.0. The average molecular weight is 808 g/mol. The SMILES string of the molecule is O=C(O)CN1CCCN(C(=O)OCC2c3ccccc3-c3ccccc32)CC1.O=C(OCC1c2ccccc2-c2ccccc21)N1CCC(C(=O)O)(c2ccccc2)CC1. The number of nitrogens with zero attached hydrogens (tertiary/aromatic N) is 3. The molecular weight excluding hydrogens is 759 g/mol. The Morgan fingerprint density at radius 3 is 1.37 bits per heavy atom. The second kappa shape index (κ2) is 17.8. The van der Waals surface area contributed by atoms with E-state index in [4.69, 9.17) is 14.6 Å². The first-order chi connectivity index (χ1) is 29.2. The maximum Gasteiger partial charge on any atom is 0.409 e. The second-order valence-corrected chi connectivity index (χ2v) is 15.9. The molecule has 60 heavy (non-hydrogen) atoms. The lowest BCUT2D eigenvalue weighted by Gasteiger charge is -2.38. The van der Waals surface area contributed by atoms with Gasteiger partial charge in [0, 0.05) is 51.1 Å². The van der Waals surface area contributed by atoms with Crippen LogP contribution in [-0.2, 0) is 24.5 Å². The fraction of sp³-hybridized carbons (Fsp3) is 0.306. The summed E-state index contributed by atoms with van der Waals surface area (Å²) in [7, 11) is 0. The number of rotatable bonds is 8. The predicted octanol–water partition coefficient (Wildman–Crippen LogP) is 8.08. The lowest BCUT2D eigenvalue weighted by Crippen LogP contribution is -2.49. The van der Waals surface area contributed by atoms with Gasteiger partial charge in [0.2, 0.25) is 0 Å². The second-order valence-electron chi connectivity index (χ2n) is 15.9. The van der Waals surface area contributed by atoms with Crippen molar-refractivity contribution in [2.24, 2.45) is 0 Å². The van der Waals surface area contributed by atoms with Gasteiger partial charge >= 0.3 is 24.1 Å². The number of piperidine rings is 1. The van der Waals surface area contributed by atoms with E-state index >= 15 is 0 Å². The van der Waals surface area contributed by atoms with Crippen LogP contribution in [0.3, 0.4) is 0 Å². The van der Waals surface area contributed by atoms with Gasteiger partial charge in [0.15, 0.2) is 0 Å². The van der Waals surface area contributed by atoms with Gasteiger partial charge in [-0.05, 0) is 69.3 Å². The van der Waals surface area contributed by atoms with E-state index < -0.39 is 17.4 Å². The van der Waals surface area contributed by atoms with Crippen LogP contribution in [0.1, 0.15) is 58.9 Å². The Morgan fingerprint density at radius 2 is 0.933 bits per heavy atom. The van der Waals surface area contributed by atoms with Crippen LogP contribution >= 0.6 is 0 Å². The highest BCUT2D eigenvalue weighted by atomic mass is 16.6. The van der Waals surface area contributed by atoms with Crippen LogP contribution in [0.25, 0.3) is 22.3 Å². The Balaban J connectivity index is 0.000000168. The molecule has 5 aromatic rings. The molecule has 0 spiro atoms. The van der Waals surface area contributed by atoms with Crippen LogP contribution in [0.5, 0.6) is 0 Å². The molecule has 2 fully saturated rings. The van der Waals surface area contributed by atoms with E-state index in [-0.39, 0.29) is 37.2 Å². The van der Waals surface area contributed by atoms with Crippen LogP contribution in [0, 0.1) is 0 Å². The highest BCUT2D eigenvalue weighted by molar-refractivity contribution is 5.83. The number of amides is 2. The third-order valence-electron chi connectivity index (χ3n) is 12.5. The molecule has 9 rings (SSSR count). The van der Waals surface area contributed by atoms with Crippen molar-refractivity contribution >= 4 is 24.1 Å². The summed E-state index contributed by atoms with van der Waals surface area (Å²) in [4.78, 5) is 53.7. The van der Waals surface area contributed by atoms with Crippen molar-refractivity contribution in [3.63, 3.8) is 0 Å². The lowest BCUT2D eigenvalue weighted by molar-refractivity contribution is -0.146. The number of carbonyl (C=O) groups excluding carboxylic acids is 2. The standard InChI is InChI=1S/C27H25NO4.C22H24N2O4/c29-25(30)27(19-8-2-1-3-9-19)14-16-28(17-15-27)26(31)32-18-24-22-12-6-4-10-20(22)21-11-5-7-13-23(21)24;25-21(26)14-23-10-5-11-24(13-12-23)22(27)28-15-20-18-8-3-1-6-16(18)17-7-2-4-9-19(17)20/h1-13,24H,14-18H2,(H,29,30);1-4,6-9,20H,5,10-15H2,(H,25,26). The van der Waals surface area contributed by atoms with Crippen molar-refractivity contribution in [2.45, 2.75) is 36.5 Å². The highest BCUT2D eigenvalue weighted by Gasteiger charge is 2.44. The molecule has 2 amide bonds. The van der Waals surface area contributed by atoms with E-state index in [0.717, 1.165) is 12.0 Å². The number of carboxylic acid groups (broad SMARTS) is 2. The summed E-state index contributed by atoms with van der Waals surface area (Å²) >= 11 is 0. The molecule has 0 aromatic heterocycles. The molecule has 2 N–H and O–H groups in total. The van der Waals surface area contributed by atoms with Crippen LogP contribution in [0.4, 0.5) is 9.59 Å². The Morgan fingerprint density at radius 1 is 0.517 bits per heavy atom. The zero-order chi connectivity index (χ0) is 41.6. The third-order valence-corrected chi connectivity index (χ3v) is 12.5. The minimum absolute atomic E-state index is 0.0124. The zero-order valence-electron chi connectivity index (χ0n) is 33.4. The number of likely N-dealkylation sites (tertiary alicyclic amines) is 1. The normalized spacial score (nSPS) is 16.9. The first-order valence-electron chi connectivity index (χ1n) is 20.7. The molecule has 0 atom stereocenters. The summed E-state index contributed by atoms with van der Waals surface area (Å²) in [6.07, 6.45) is 0.794. The van der Waals surface area contributed by atoms with Gasteiger partial charge in [0.1, 0.15) is 13.2 Å². The molecule has 0 radical (unpaired) electrons. The van der Waals surface area contributed by atoms with Crippen LogP contribution in [-0.4, -0.2) is 108 Å². The molecule has 0 saturated carbocycles. The minimum atomic E-state index is -0.957. The van der Waals surface area contributed by atoms with E-state index in [1.165, 1.54) is 44.5 Å². The Bertz CT molecular complexity index is 2270. The molecule has 11 heteroatoms. The van der Waals surface area contributed by atoms with Gasteiger partial charge < -0.3 is 29.5 Å². The molecule has 5 aromatic carbocycles. The number of carbonyl (C=O) groups is 4. The molecular formula is C49H49N3O8. The Hall–Kier alpha value is -6.46. The number of fused-ring (bicyclic) bond motifs is 6. The average Bonchev–Trinajstić information content (AvgIpc) is 3.66. The number of hydrogen-bond acceptors (Lipinski definition) is 7. The van der Waals surface area contributed by atoms with Crippen molar-refractivity contribution in [3.05, 3.63) is 155 Å². The topological polar surface area (TPSA) is 137 Å². The lowest BCUT2D eigenvalue weighted by atomic mass is 9.73. The van der Waals surface area contributed by atoms with Gasteiger partial charge in [-0.2, -0.15) is 0 Å². The van der Waals surface area contributed by atoms with Gasteiger partial charge in [0.05, 0.1) is 12.0 Å². The molecule has 0 bridgehead atoms. The first-order valence-corrected chi connectivity index (χ1v) is 20.7. The molecule has 11 nitrogen and oxygen atoms in total. The van der Waals surface area contributed by atoms with Gasteiger partial charge in [0.25, 0.3) is 0 Å². The van der Waals surface area contributed by atoms with Gasteiger partial charge in [-0.25, -0.2) is 9.59 Å². The molecule has 308 valence electrons. The number of benzene rings is 5. The smallest absolute Gasteiger partial charge is 0.409 e. The minimum Gasteiger partial charge on any atom is -0.481 e. The van der Waals surface area contributed by atoms with Gasteiger partial charge in [-0.3, -0.25) is 14.5 Å². The maximum atomic E-state index is 12.9. The molecule has 2 heterocycles. The summed E-state index contributed by atoms with van der Waals surface area (Å²) in [5.41, 5.74) is 9.37. The van der Waals surface area contributed by atoms with Crippen molar-refractivity contribution in [1.82, 2.24) is 14.7 Å². The van der Waals surface area contributed by atoms with E-state index in [1.54, 1.807) is 9.80 Å². The summed E-state index contributed by atoms with van der Waals surface area (Å²) < 4.78 is 11.5. The fourth-order valence-corrected chi connectivity index (χ4v) is 9.33. The zero-order valence-corrected chi connectivity index (χ0v) is 33.4. The van der Waals surface area contributed by atoms with E-state index in [0.29, 0.717) is 58.7 Å². The first kappa shape index (κ1) is 40.3. The number of aliphatic carboxylic acids is 2. The third kappa shape index (κ3) is 8.22. The van der Waals surface area contributed by atoms with E-state index in [9.17, 15) is 24.3 Å². The van der Waals surface area contributed by atoms with Gasteiger partial charge in [-0.1, -0.05) is 127 Å². The fourth-order valence-electron chi connectivity index (χ4n) is 9.33. The molecule has 0 unspecified atom stereocenters. The quantitative estimate of drug-likeness (QED) is 0.160. The highest BCUT2D eigenvalue weighted by Crippen LogP contribution is 2.46. The number of carboxylic acids is 2. The number of hydrogen-bond donors (Lipinski definition) is 2. The van der Waals surface area contributed by atoms with Crippen LogP contribution in [0.15, 0.2) is 127 Å². The predicted molar refractivity (Wildman–Crippen MR) is 227 cm³/mol. The molecule has 4 aliphatic rings. The summed E-state index contributed by atoms with van der Waals surface area (Å²) in [6, 6.07) is 42.3. The van der Waals surface area contributed by atoms with E-state index in [2.05, 4.69) is 48.5 Å². The number of ether oxygens (including phenoxy) is 2. The summed E-state index contributed by atoms with van der Waals surface area (Å²) in [6.45, 7) is 3.62. The molecule has 2 aliphatic heterocycles. The van der Waals surface area contributed by atoms with Crippen molar-refractivity contribution in [1.29, 1.82) is 0 Å². The summed E-state index contributed by atoms with van der Waals surface area (Å²) in [5, 5.41) is 18.9. The van der Waals surface area contributed by atoms with Crippen molar-refractivity contribution < 1.29 is 38.9 Å². The molecule has 2 saturated heterocycles. The van der Waals surface area contributed by atoms with Crippen LogP contribution in [0.2, 0.25) is 0 Å². The molecule has 2 aliphatic carbocycles. The van der Waals surface area contributed by atoms with E-state index in [1.807, 2.05) is 83.8 Å². The van der Waals surface area contributed by atoms with Crippen LogP contribution < -0.4 is 0 Å². The van der Waals surface area contributed by atoms with Crippen molar-refractivity contribution in [3.8, 4) is 22.3 Å². The Labute approximate surface area is 349 Å². The maximum absolute atomic E-state index is 12.9. The largest absolute Gasteiger partial charge is 0.481 e. The summed E-state index contributed by atoms with van der Waals surface area (Å²) in [5.74, 6) is -1.61. The van der Waals surface area contributed by atoms with Crippen molar-refractivity contribution in [2.75, 3.05) is 59.0 Å². The monoisotopic (exact) mass is 807 g/mol. The van der Waals surface area contributed by atoms with Gasteiger partial charge in [-0.15, -0.1) is 0 Å².